The van der Waals surface area contributed by atoms with Crippen LogP contribution in [-0.4, -0.2) is 17.0 Å². The number of hydrogen-bond donors (Lipinski definition) is 1. The number of aromatic carboxylic acids is 1. The van der Waals surface area contributed by atoms with E-state index in [1.807, 2.05) is 43.3 Å². The van der Waals surface area contributed by atoms with Gasteiger partial charge in [0.15, 0.2) is 0 Å². The molecule has 5 heteroatoms. The summed E-state index contributed by atoms with van der Waals surface area (Å²) in [6, 6.07) is 18.2. The monoisotopic (exact) mass is 443 g/mol. The van der Waals surface area contributed by atoms with Crippen LogP contribution >= 0.6 is 11.6 Å². The Morgan fingerprint density at radius 1 is 1.06 bits per heavy atom. The first-order valence-corrected chi connectivity index (χ1v) is 11.1. The minimum absolute atomic E-state index is 0.142. The van der Waals surface area contributed by atoms with Crippen LogP contribution in [-0.2, 0) is 4.79 Å². The summed E-state index contributed by atoms with van der Waals surface area (Å²) in [5.74, 6) is -0.659. The molecule has 1 N–H and O–H groups in total. The zero-order valence-electron chi connectivity index (χ0n) is 17.6. The molecule has 160 valence electrons. The zero-order chi connectivity index (χ0) is 22.4. The highest BCUT2D eigenvalue weighted by Crippen LogP contribution is 2.46. The van der Waals surface area contributed by atoms with Crippen LogP contribution in [0.5, 0.6) is 0 Å². The standard InChI is InChI=1S/C27H22ClNO3/c1-16-5-2-10-24-25(16)22(15-21-20(17-6-3-7-17)8-4-9-23(21)28)26(30)29(24)19-13-11-18(12-14-19)27(31)32/h2,4-5,8-15,17H,3,6-7H2,1H3,(H,31,32)/b22-15-. The molecule has 0 atom stereocenters. The normalized spacial score (nSPS) is 16.9. The predicted octanol–water partition coefficient (Wildman–Crippen LogP) is 6.83. The molecule has 3 aromatic rings. The van der Waals surface area contributed by atoms with Gasteiger partial charge in [-0.05, 0) is 84.8 Å². The Hall–Kier alpha value is -3.37. The summed E-state index contributed by atoms with van der Waals surface area (Å²) >= 11 is 6.62. The van der Waals surface area contributed by atoms with Gasteiger partial charge in [-0.1, -0.05) is 42.3 Å². The second-order valence-corrected chi connectivity index (χ2v) is 8.80. The number of carbonyl (C=O) groups is 2. The van der Waals surface area contributed by atoms with Gasteiger partial charge in [0.2, 0.25) is 0 Å². The van der Waals surface area contributed by atoms with Crippen molar-refractivity contribution in [3.63, 3.8) is 0 Å². The predicted molar refractivity (Wildman–Crippen MR) is 128 cm³/mol. The first-order valence-electron chi connectivity index (χ1n) is 10.7. The fraction of sp³-hybridized carbons (Fsp3) is 0.185. The first-order chi connectivity index (χ1) is 15.5. The highest BCUT2D eigenvalue weighted by molar-refractivity contribution is 6.39. The van der Waals surface area contributed by atoms with E-state index in [1.54, 1.807) is 17.0 Å². The summed E-state index contributed by atoms with van der Waals surface area (Å²) in [7, 11) is 0. The van der Waals surface area contributed by atoms with Gasteiger partial charge in [0.05, 0.1) is 16.8 Å². The number of benzene rings is 3. The van der Waals surface area contributed by atoms with Crippen molar-refractivity contribution in [1.82, 2.24) is 0 Å². The summed E-state index contributed by atoms with van der Waals surface area (Å²) in [4.78, 5) is 26.6. The molecule has 0 spiro atoms. The topological polar surface area (TPSA) is 57.6 Å². The van der Waals surface area contributed by atoms with Crippen LogP contribution in [0.4, 0.5) is 11.4 Å². The van der Waals surface area contributed by atoms with E-state index in [9.17, 15) is 14.7 Å². The zero-order valence-corrected chi connectivity index (χ0v) is 18.4. The maximum Gasteiger partial charge on any atom is 0.335 e. The second-order valence-electron chi connectivity index (χ2n) is 8.39. The molecule has 1 heterocycles. The molecule has 1 aliphatic heterocycles. The Morgan fingerprint density at radius 2 is 1.78 bits per heavy atom. The third kappa shape index (κ3) is 3.32. The molecule has 1 amide bonds. The number of fused-ring (bicyclic) bond motifs is 1. The van der Waals surface area contributed by atoms with E-state index in [0.717, 1.165) is 35.2 Å². The maximum atomic E-state index is 13.7. The van der Waals surface area contributed by atoms with Crippen molar-refractivity contribution in [2.45, 2.75) is 32.1 Å². The minimum atomic E-state index is -0.997. The Kier molecular flexibility index (Phi) is 5.10. The lowest BCUT2D eigenvalue weighted by Gasteiger charge is -2.27. The number of carboxylic acid groups (broad SMARTS) is 1. The van der Waals surface area contributed by atoms with E-state index in [4.69, 9.17) is 11.6 Å². The van der Waals surface area contributed by atoms with E-state index >= 15 is 0 Å². The van der Waals surface area contributed by atoms with E-state index in [0.29, 0.717) is 22.2 Å². The number of aryl methyl sites for hydroxylation is 1. The molecule has 32 heavy (non-hydrogen) atoms. The summed E-state index contributed by atoms with van der Waals surface area (Å²) < 4.78 is 0. The quantitative estimate of drug-likeness (QED) is 0.449. The summed E-state index contributed by atoms with van der Waals surface area (Å²) in [5.41, 5.74) is 6.22. The van der Waals surface area contributed by atoms with Crippen LogP contribution in [0.2, 0.25) is 5.02 Å². The number of rotatable bonds is 4. The Morgan fingerprint density at radius 3 is 2.44 bits per heavy atom. The van der Waals surface area contributed by atoms with Crippen LogP contribution in [0.3, 0.4) is 0 Å². The number of anilines is 2. The molecule has 1 fully saturated rings. The third-order valence-electron chi connectivity index (χ3n) is 6.49. The van der Waals surface area contributed by atoms with Crippen LogP contribution in [0.25, 0.3) is 11.6 Å². The lowest BCUT2D eigenvalue weighted by molar-refractivity contribution is -0.112. The summed E-state index contributed by atoms with van der Waals surface area (Å²) in [6.45, 7) is 2.00. The van der Waals surface area contributed by atoms with Gasteiger partial charge in [0, 0.05) is 16.3 Å². The molecule has 1 saturated carbocycles. The molecule has 0 radical (unpaired) electrons. The van der Waals surface area contributed by atoms with E-state index < -0.39 is 5.97 Å². The highest BCUT2D eigenvalue weighted by Gasteiger charge is 2.35. The van der Waals surface area contributed by atoms with E-state index in [1.165, 1.54) is 24.1 Å². The largest absolute Gasteiger partial charge is 0.478 e. The summed E-state index contributed by atoms with van der Waals surface area (Å²) in [6.07, 6.45) is 5.44. The fourth-order valence-corrected chi connectivity index (χ4v) is 4.83. The van der Waals surface area contributed by atoms with Crippen molar-refractivity contribution < 1.29 is 14.7 Å². The number of carboxylic acids is 1. The average molecular weight is 444 g/mol. The van der Waals surface area contributed by atoms with Crippen molar-refractivity contribution >= 4 is 46.5 Å². The smallest absolute Gasteiger partial charge is 0.335 e. The van der Waals surface area contributed by atoms with Gasteiger partial charge in [-0.2, -0.15) is 0 Å². The van der Waals surface area contributed by atoms with Crippen molar-refractivity contribution in [2.75, 3.05) is 4.90 Å². The Labute approximate surface area is 191 Å². The maximum absolute atomic E-state index is 13.7. The SMILES string of the molecule is Cc1cccc2c1/C(=C/c1c(Cl)cccc1C1CCC1)C(=O)N2c1ccc(C(=O)O)cc1. The highest BCUT2D eigenvalue weighted by atomic mass is 35.5. The van der Waals surface area contributed by atoms with Gasteiger partial charge in [0.1, 0.15) is 0 Å². The molecule has 3 aromatic carbocycles. The first kappa shape index (κ1) is 20.5. The molecule has 0 aromatic heterocycles. The van der Waals surface area contributed by atoms with E-state index in [-0.39, 0.29) is 11.5 Å². The Bertz CT molecular complexity index is 1270. The number of nitrogens with zero attached hydrogens (tertiary/aromatic N) is 1. The van der Waals surface area contributed by atoms with Crippen molar-refractivity contribution in [1.29, 1.82) is 0 Å². The fourth-order valence-electron chi connectivity index (χ4n) is 4.59. The Balaban J connectivity index is 1.66. The minimum Gasteiger partial charge on any atom is -0.478 e. The molecule has 0 bridgehead atoms. The van der Waals surface area contributed by atoms with Crippen molar-refractivity contribution in [3.05, 3.63) is 93.5 Å². The molecule has 0 unspecified atom stereocenters. The molecule has 1 aliphatic carbocycles. The van der Waals surface area contributed by atoms with Crippen LogP contribution in [0.15, 0.2) is 60.7 Å². The second kappa shape index (κ2) is 7.95. The molecule has 4 nitrogen and oxygen atoms in total. The number of carbonyl (C=O) groups excluding carboxylic acids is 1. The van der Waals surface area contributed by atoms with Gasteiger partial charge in [-0.15, -0.1) is 0 Å². The van der Waals surface area contributed by atoms with Crippen LogP contribution in [0, 0.1) is 6.92 Å². The van der Waals surface area contributed by atoms with Crippen molar-refractivity contribution in [3.8, 4) is 0 Å². The van der Waals surface area contributed by atoms with E-state index in [2.05, 4.69) is 6.07 Å². The number of hydrogen-bond acceptors (Lipinski definition) is 2. The lowest BCUT2D eigenvalue weighted by Crippen LogP contribution is -2.20. The van der Waals surface area contributed by atoms with Crippen LogP contribution < -0.4 is 4.90 Å². The average Bonchev–Trinajstić information content (AvgIpc) is 3.02. The third-order valence-corrected chi connectivity index (χ3v) is 6.82. The van der Waals surface area contributed by atoms with Gasteiger partial charge in [0.25, 0.3) is 5.91 Å². The lowest BCUT2D eigenvalue weighted by atomic mass is 9.78. The molecular weight excluding hydrogens is 422 g/mol. The van der Waals surface area contributed by atoms with Gasteiger partial charge in [-0.25, -0.2) is 4.79 Å². The summed E-state index contributed by atoms with van der Waals surface area (Å²) in [5, 5.41) is 9.86. The van der Waals surface area contributed by atoms with Crippen LogP contribution in [0.1, 0.15) is 57.8 Å². The van der Waals surface area contributed by atoms with Crippen molar-refractivity contribution in [2.24, 2.45) is 0 Å². The number of halogens is 1. The molecule has 2 aliphatic rings. The van der Waals surface area contributed by atoms with Gasteiger partial charge in [-0.3, -0.25) is 9.69 Å². The number of amides is 1. The molecule has 5 rings (SSSR count). The molecule has 0 saturated heterocycles. The van der Waals surface area contributed by atoms with Gasteiger partial charge >= 0.3 is 5.97 Å². The molecular formula is C27H22ClNO3. The van der Waals surface area contributed by atoms with Gasteiger partial charge < -0.3 is 5.11 Å².